The van der Waals surface area contributed by atoms with Crippen molar-refractivity contribution in [3.8, 4) is 0 Å². The maximum Gasteiger partial charge on any atom is 1.00 e. The largest absolute Gasteiger partial charge is 1.00 e. The van der Waals surface area contributed by atoms with Crippen molar-refractivity contribution in [3.63, 3.8) is 0 Å². The van der Waals surface area contributed by atoms with E-state index in [4.69, 9.17) is 9.90 Å². The van der Waals surface area contributed by atoms with E-state index in [1.54, 1.807) is 0 Å². The maximum absolute atomic E-state index is 10.4. The first kappa shape index (κ1) is 25.0. The van der Waals surface area contributed by atoms with Gasteiger partial charge in [0.15, 0.2) is 0 Å². The number of unbranched alkanes of at least 4 members (excludes halogenated alkanes) is 3. The monoisotopic (exact) mass is 298 g/mol. The first-order chi connectivity index (χ1) is 8.58. The van der Waals surface area contributed by atoms with Gasteiger partial charge in [0.1, 0.15) is 0 Å². The molecule has 1 N–H and O–H groups in total. The first-order valence-electron chi connectivity index (χ1n) is 7.36. The van der Waals surface area contributed by atoms with Crippen LogP contribution in [0.1, 0.15) is 78.6 Å². The second-order valence-corrected chi connectivity index (χ2v) is 4.87. The third kappa shape index (κ3) is 28.1. The minimum atomic E-state index is -0.833. The van der Waals surface area contributed by atoms with Gasteiger partial charge in [-0.1, -0.05) is 71.6 Å². The summed E-state index contributed by atoms with van der Waals surface area (Å²) in [7, 11) is 0. The van der Waals surface area contributed by atoms with Gasteiger partial charge < -0.3 is 10.2 Å². The van der Waals surface area contributed by atoms with Crippen LogP contribution in [0.3, 0.4) is 0 Å². The maximum atomic E-state index is 10.4. The molecule has 110 valence electrons. The fourth-order valence-corrected chi connectivity index (χ4v) is 2.07. The Labute approximate surface area is 162 Å². The molecule has 1 atom stereocenters. The van der Waals surface area contributed by atoms with E-state index in [2.05, 4.69) is 13.8 Å². The Morgan fingerprint density at radius 1 is 1.00 bits per heavy atom. The van der Waals surface area contributed by atoms with Crippen molar-refractivity contribution in [2.24, 2.45) is 5.92 Å². The molecular weight excluding hydrogens is 267 g/mol. The van der Waals surface area contributed by atoms with Gasteiger partial charge in [-0.3, -0.25) is 4.79 Å². The molecule has 0 aromatic heterocycles. The minimum absolute atomic E-state index is 0. The van der Waals surface area contributed by atoms with E-state index in [1.807, 2.05) is 0 Å². The Kier molecular flexibility index (Phi) is 28.2. The predicted molar refractivity (Wildman–Crippen MR) is 74.6 cm³/mol. The van der Waals surface area contributed by atoms with Crippen LogP contribution in [0.15, 0.2) is 0 Å². The van der Waals surface area contributed by atoms with Crippen LogP contribution >= 0.6 is 0 Å². The number of carbonyl (C=O) groups is 1. The van der Waals surface area contributed by atoms with Gasteiger partial charge in [-0.2, -0.15) is 0 Å². The molecule has 0 heterocycles. The summed E-state index contributed by atoms with van der Waals surface area (Å²) in [6, 6.07) is 0. The summed E-state index contributed by atoms with van der Waals surface area (Å²) in [5.41, 5.74) is 0. The zero-order chi connectivity index (χ0) is 14.2. The molecular formula is C15H31KO3. The topological polar surface area (TPSA) is 60.4 Å². The predicted octanol–water partition coefficient (Wildman–Crippen LogP) is 0.609. The van der Waals surface area contributed by atoms with E-state index in [-0.39, 0.29) is 58.0 Å². The van der Waals surface area contributed by atoms with Crippen molar-refractivity contribution < 1.29 is 66.4 Å². The van der Waals surface area contributed by atoms with Crippen LogP contribution in [0.4, 0.5) is 0 Å². The molecule has 0 aliphatic carbocycles. The van der Waals surface area contributed by atoms with Gasteiger partial charge in [0, 0.05) is 6.92 Å². The van der Waals surface area contributed by atoms with Gasteiger partial charge in [-0.05, 0) is 5.92 Å². The van der Waals surface area contributed by atoms with Crippen molar-refractivity contribution in [2.45, 2.75) is 78.6 Å². The Morgan fingerprint density at radius 3 is 1.95 bits per heavy atom. The van der Waals surface area contributed by atoms with Gasteiger partial charge in [-0.25, -0.2) is 0 Å². The molecule has 0 spiro atoms. The van der Waals surface area contributed by atoms with E-state index in [0.717, 1.165) is 19.3 Å². The summed E-state index contributed by atoms with van der Waals surface area (Å²) in [4.78, 5) is 9.00. The summed E-state index contributed by atoms with van der Waals surface area (Å²) >= 11 is 0. The molecule has 0 fully saturated rings. The van der Waals surface area contributed by atoms with E-state index in [1.165, 1.54) is 51.4 Å². The summed E-state index contributed by atoms with van der Waals surface area (Å²) in [6.07, 6.45) is 11.5. The number of rotatable bonds is 10. The SMILES string of the molecule is CC(=O)O.CCCCCCC(CCC)CCC[O-].[K+]. The number of hydrogen-bond donors (Lipinski definition) is 1. The molecule has 0 saturated heterocycles. The standard InChI is InChI=1S/C13H27O.C2H4O2.K/c1-3-5-6-7-10-13(9-4-2)11-8-12-14;1-2(3)4;/h13H,3-12H2,1-2H3;1H3,(H,3,4);/q-1;;+1. The van der Waals surface area contributed by atoms with Gasteiger partial charge in [0.25, 0.3) is 5.97 Å². The molecule has 0 radical (unpaired) electrons. The summed E-state index contributed by atoms with van der Waals surface area (Å²) < 4.78 is 0. The zero-order valence-electron chi connectivity index (χ0n) is 13.4. The normalized spacial score (nSPS) is 10.9. The van der Waals surface area contributed by atoms with E-state index in [0.29, 0.717) is 0 Å². The summed E-state index contributed by atoms with van der Waals surface area (Å²) in [5.74, 6) is 0.00538. The summed E-state index contributed by atoms with van der Waals surface area (Å²) in [5, 5.41) is 17.8. The number of carboxylic acids is 1. The fourth-order valence-electron chi connectivity index (χ4n) is 2.07. The smallest absolute Gasteiger partial charge is 0.854 e. The Balaban J connectivity index is -0.000000448. The molecule has 0 saturated carbocycles. The molecule has 0 aliphatic rings. The average molecular weight is 299 g/mol. The van der Waals surface area contributed by atoms with Crippen LogP contribution in [0.2, 0.25) is 0 Å². The van der Waals surface area contributed by atoms with Crippen LogP contribution in [-0.4, -0.2) is 17.7 Å². The summed E-state index contributed by atoms with van der Waals surface area (Å²) in [6.45, 7) is 5.70. The second-order valence-electron chi connectivity index (χ2n) is 4.87. The molecule has 4 heteroatoms. The van der Waals surface area contributed by atoms with E-state index < -0.39 is 5.97 Å². The van der Waals surface area contributed by atoms with Gasteiger partial charge in [-0.15, -0.1) is 6.61 Å². The molecule has 0 aromatic carbocycles. The number of aliphatic carboxylic acids is 1. The Hall–Kier alpha value is 1.07. The third-order valence-electron chi connectivity index (χ3n) is 2.92. The van der Waals surface area contributed by atoms with Crippen LogP contribution < -0.4 is 56.5 Å². The molecule has 0 aliphatic heterocycles. The van der Waals surface area contributed by atoms with Crippen LogP contribution in [0.25, 0.3) is 0 Å². The van der Waals surface area contributed by atoms with Gasteiger partial charge in [0.2, 0.25) is 0 Å². The average Bonchev–Trinajstić information content (AvgIpc) is 2.30. The van der Waals surface area contributed by atoms with Crippen molar-refractivity contribution in [2.75, 3.05) is 6.61 Å². The van der Waals surface area contributed by atoms with Crippen molar-refractivity contribution in [1.82, 2.24) is 0 Å². The van der Waals surface area contributed by atoms with E-state index in [9.17, 15) is 5.11 Å². The van der Waals surface area contributed by atoms with Crippen LogP contribution in [0.5, 0.6) is 0 Å². The number of carboxylic acid groups (broad SMARTS) is 1. The molecule has 1 unspecified atom stereocenters. The molecule has 0 rings (SSSR count). The fraction of sp³-hybridized carbons (Fsp3) is 0.933. The molecule has 0 aromatic rings. The van der Waals surface area contributed by atoms with Crippen LogP contribution in [-0.2, 0) is 4.79 Å². The zero-order valence-corrected chi connectivity index (χ0v) is 16.5. The van der Waals surface area contributed by atoms with Crippen LogP contribution in [0, 0.1) is 5.92 Å². The number of hydrogen-bond acceptors (Lipinski definition) is 2. The minimum Gasteiger partial charge on any atom is -0.854 e. The van der Waals surface area contributed by atoms with Crippen molar-refractivity contribution >= 4 is 5.97 Å². The Bertz CT molecular complexity index is 171. The molecule has 0 amide bonds. The molecule has 3 nitrogen and oxygen atoms in total. The Morgan fingerprint density at radius 2 is 1.53 bits per heavy atom. The second kappa shape index (κ2) is 21.4. The molecule has 0 bridgehead atoms. The van der Waals surface area contributed by atoms with Gasteiger partial charge in [0.05, 0.1) is 0 Å². The van der Waals surface area contributed by atoms with Gasteiger partial charge >= 0.3 is 51.4 Å². The quantitative estimate of drug-likeness (QED) is 0.475. The third-order valence-corrected chi connectivity index (χ3v) is 2.92. The van der Waals surface area contributed by atoms with E-state index >= 15 is 0 Å². The van der Waals surface area contributed by atoms with Crippen molar-refractivity contribution in [1.29, 1.82) is 0 Å². The molecule has 19 heavy (non-hydrogen) atoms. The first-order valence-corrected chi connectivity index (χ1v) is 7.36. The van der Waals surface area contributed by atoms with Crippen molar-refractivity contribution in [3.05, 3.63) is 0 Å².